The van der Waals surface area contributed by atoms with E-state index in [1.807, 2.05) is 18.2 Å². The van der Waals surface area contributed by atoms with Gasteiger partial charge in [-0.25, -0.2) is 0 Å². The Bertz CT molecular complexity index is 385. The van der Waals surface area contributed by atoms with Crippen LogP contribution in [0.5, 0.6) is 0 Å². The highest BCUT2D eigenvalue weighted by Gasteiger charge is 2.07. The zero-order valence-corrected chi connectivity index (χ0v) is 15.3. The van der Waals surface area contributed by atoms with Crippen LogP contribution in [0.4, 0.5) is 0 Å². The molecule has 138 valence electrons. The van der Waals surface area contributed by atoms with Crippen molar-refractivity contribution in [1.29, 1.82) is 0 Å². The number of carbonyl (C=O) groups excluding carboxylic acids is 1. The molecule has 0 aliphatic rings. The molecule has 0 bridgehead atoms. The van der Waals surface area contributed by atoms with Crippen LogP contribution in [0.25, 0.3) is 0 Å². The molecule has 0 aliphatic heterocycles. The summed E-state index contributed by atoms with van der Waals surface area (Å²) < 4.78 is 5.32. The maximum atomic E-state index is 11.2. The van der Waals surface area contributed by atoms with E-state index in [1.165, 1.54) is 26.2 Å². The molecule has 0 radical (unpaired) electrons. The van der Waals surface area contributed by atoms with E-state index in [9.17, 15) is 9.59 Å². The maximum absolute atomic E-state index is 11.2. The van der Waals surface area contributed by atoms with Crippen molar-refractivity contribution < 1.29 is 19.4 Å². The number of hydrogen-bond acceptors (Lipinski definition) is 3. The zero-order chi connectivity index (χ0) is 18.0. The second kappa shape index (κ2) is 16.3. The zero-order valence-electron chi connectivity index (χ0n) is 15.3. The lowest BCUT2D eigenvalue weighted by atomic mass is 10.1. The number of carbonyl (C=O) groups is 2. The molecule has 1 unspecified atom stereocenters. The summed E-state index contributed by atoms with van der Waals surface area (Å²) in [6.07, 6.45) is 18.5. The molecule has 1 N–H and O–H groups in total. The highest BCUT2D eigenvalue weighted by Crippen LogP contribution is 2.12. The monoisotopic (exact) mass is 338 g/mol. The number of unbranched alkanes of at least 4 members (excludes halogenated alkanes) is 7. The quantitative estimate of drug-likeness (QED) is 0.246. The van der Waals surface area contributed by atoms with E-state index < -0.39 is 5.97 Å². The van der Waals surface area contributed by atoms with Gasteiger partial charge in [0.15, 0.2) is 0 Å². The Morgan fingerprint density at radius 2 is 1.71 bits per heavy atom. The van der Waals surface area contributed by atoms with Gasteiger partial charge in [-0.05, 0) is 38.2 Å². The summed E-state index contributed by atoms with van der Waals surface area (Å²) in [6, 6.07) is 0. The van der Waals surface area contributed by atoms with Gasteiger partial charge in [-0.1, -0.05) is 57.3 Å². The van der Waals surface area contributed by atoms with Gasteiger partial charge in [-0.15, -0.1) is 0 Å². The Labute approximate surface area is 147 Å². The average molecular weight is 338 g/mol. The molecule has 0 heterocycles. The summed E-state index contributed by atoms with van der Waals surface area (Å²) in [5.74, 6) is -0.976. The Morgan fingerprint density at radius 1 is 1.00 bits per heavy atom. The summed E-state index contributed by atoms with van der Waals surface area (Å²) in [5.41, 5.74) is 0. The summed E-state index contributed by atoms with van der Waals surface area (Å²) in [6.45, 7) is 3.63. The molecule has 0 saturated heterocycles. The Morgan fingerprint density at radius 3 is 2.38 bits per heavy atom. The minimum absolute atomic E-state index is 0.165. The van der Waals surface area contributed by atoms with Crippen molar-refractivity contribution in [1.82, 2.24) is 0 Å². The van der Waals surface area contributed by atoms with Crippen molar-refractivity contribution in [2.45, 2.75) is 90.6 Å². The van der Waals surface area contributed by atoms with Crippen LogP contribution in [-0.4, -0.2) is 23.1 Å². The van der Waals surface area contributed by atoms with Crippen LogP contribution in [0.2, 0.25) is 0 Å². The third-order valence-corrected chi connectivity index (χ3v) is 3.74. The molecule has 0 saturated carbocycles. The van der Waals surface area contributed by atoms with Crippen molar-refractivity contribution >= 4 is 11.9 Å². The van der Waals surface area contributed by atoms with E-state index in [1.54, 1.807) is 0 Å². The van der Waals surface area contributed by atoms with E-state index in [4.69, 9.17) is 9.84 Å². The molecular formula is C20H34O4. The molecular weight excluding hydrogens is 304 g/mol. The molecule has 0 spiro atoms. The molecule has 4 nitrogen and oxygen atoms in total. The lowest BCUT2D eigenvalue weighted by molar-refractivity contribution is -0.144. The highest BCUT2D eigenvalue weighted by molar-refractivity contribution is 5.66. The van der Waals surface area contributed by atoms with Crippen molar-refractivity contribution in [2.75, 3.05) is 0 Å². The minimum atomic E-state index is -0.724. The normalized spacial score (nSPS) is 12.8. The number of ether oxygens (including phenoxy) is 1. The number of hydrogen-bond donors (Lipinski definition) is 1. The van der Waals surface area contributed by atoms with E-state index in [0.29, 0.717) is 0 Å². The Balaban J connectivity index is 3.92. The second-order valence-electron chi connectivity index (χ2n) is 6.16. The molecule has 24 heavy (non-hydrogen) atoms. The van der Waals surface area contributed by atoms with Gasteiger partial charge in [0.2, 0.25) is 0 Å². The minimum Gasteiger partial charge on any atom is -0.481 e. The van der Waals surface area contributed by atoms with Gasteiger partial charge in [-0.3, -0.25) is 9.59 Å². The topological polar surface area (TPSA) is 63.6 Å². The predicted molar refractivity (Wildman–Crippen MR) is 97.9 cm³/mol. The molecule has 0 amide bonds. The van der Waals surface area contributed by atoms with E-state index in [0.717, 1.165) is 44.9 Å². The number of aliphatic carboxylic acids is 1. The largest absolute Gasteiger partial charge is 0.481 e. The number of carboxylic acids is 1. The van der Waals surface area contributed by atoms with Crippen LogP contribution in [-0.2, 0) is 14.3 Å². The summed E-state index contributed by atoms with van der Waals surface area (Å²) in [7, 11) is 0. The van der Waals surface area contributed by atoms with Gasteiger partial charge in [0.05, 0.1) is 0 Å². The average Bonchev–Trinajstić information content (AvgIpc) is 2.52. The Kier molecular flexibility index (Phi) is 15.2. The van der Waals surface area contributed by atoms with Gasteiger partial charge in [0, 0.05) is 13.3 Å². The number of rotatable bonds is 15. The summed E-state index contributed by atoms with van der Waals surface area (Å²) in [4.78, 5) is 21.6. The summed E-state index contributed by atoms with van der Waals surface area (Å²) in [5, 5.41) is 8.57. The fourth-order valence-electron chi connectivity index (χ4n) is 2.43. The third kappa shape index (κ3) is 16.8. The number of esters is 1. The first-order valence-corrected chi connectivity index (χ1v) is 9.28. The van der Waals surface area contributed by atoms with Crippen LogP contribution < -0.4 is 0 Å². The number of carboxylic acid groups (broad SMARTS) is 1. The highest BCUT2D eigenvalue weighted by atomic mass is 16.5. The van der Waals surface area contributed by atoms with Crippen LogP contribution in [0.3, 0.4) is 0 Å². The van der Waals surface area contributed by atoms with E-state index >= 15 is 0 Å². The molecule has 0 rings (SSSR count). The maximum Gasteiger partial charge on any atom is 0.303 e. The second-order valence-corrected chi connectivity index (χ2v) is 6.16. The smallest absolute Gasteiger partial charge is 0.303 e. The van der Waals surface area contributed by atoms with Gasteiger partial charge < -0.3 is 9.84 Å². The lowest BCUT2D eigenvalue weighted by Crippen LogP contribution is -2.13. The van der Waals surface area contributed by atoms with E-state index in [2.05, 4.69) is 13.0 Å². The molecule has 0 aromatic carbocycles. The Hall–Kier alpha value is -1.58. The first kappa shape index (κ1) is 22.4. The molecule has 0 aromatic heterocycles. The number of allylic oxidation sites excluding steroid dienone is 3. The fourth-order valence-corrected chi connectivity index (χ4v) is 2.43. The molecule has 1 atom stereocenters. The van der Waals surface area contributed by atoms with Crippen molar-refractivity contribution in [3.8, 4) is 0 Å². The molecule has 0 aromatic rings. The van der Waals surface area contributed by atoms with Gasteiger partial charge in [0.1, 0.15) is 6.10 Å². The van der Waals surface area contributed by atoms with Crippen LogP contribution >= 0.6 is 0 Å². The van der Waals surface area contributed by atoms with Gasteiger partial charge in [-0.2, -0.15) is 0 Å². The van der Waals surface area contributed by atoms with Crippen molar-refractivity contribution in [3.63, 3.8) is 0 Å². The fraction of sp³-hybridized carbons (Fsp3) is 0.700. The first-order chi connectivity index (χ1) is 11.6. The molecule has 4 heteroatoms. The predicted octanol–water partition coefficient (Wildman–Crippen LogP) is 5.43. The third-order valence-electron chi connectivity index (χ3n) is 3.74. The van der Waals surface area contributed by atoms with Crippen LogP contribution in [0.15, 0.2) is 24.3 Å². The van der Waals surface area contributed by atoms with Gasteiger partial charge in [0.25, 0.3) is 0 Å². The van der Waals surface area contributed by atoms with Crippen LogP contribution in [0.1, 0.15) is 84.5 Å². The van der Waals surface area contributed by atoms with Gasteiger partial charge >= 0.3 is 11.9 Å². The van der Waals surface area contributed by atoms with Crippen LogP contribution in [0, 0.1) is 0 Å². The van der Waals surface area contributed by atoms with Crippen molar-refractivity contribution in [2.24, 2.45) is 0 Å². The first-order valence-electron chi connectivity index (χ1n) is 9.28. The lowest BCUT2D eigenvalue weighted by Gasteiger charge is -2.12. The molecule has 0 aliphatic carbocycles. The van der Waals surface area contributed by atoms with Crippen molar-refractivity contribution in [3.05, 3.63) is 24.3 Å². The van der Waals surface area contributed by atoms with E-state index in [-0.39, 0.29) is 18.5 Å². The molecule has 0 fully saturated rings. The summed E-state index contributed by atoms with van der Waals surface area (Å²) >= 11 is 0. The standard InChI is InChI=1S/C20H34O4/c1-3-4-5-6-7-9-12-15-19(24-18(2)21)16-13-10-8-11-14-17-20(22)23/h7,9,12,15,19H,3-6,8,10-11,13-14,16-17H2,1-2H3,(H,22,23). The SMILES string of the molecule is CCCCCC=CC=CC(CCCCCCCC(=O)O)OC(C)=O.